The molecule has 0 radical (unpaired) electrons. The lowest BCUT2D eigenvalue weighted by atomic mass is 10.2. The summed E-state index contributed by atoms with van der Waals surface area (Å²) >= 11 is 0. The number of Topliss-reactive ketones (excluding diaryl/α,β-unsaturated/α-hetero) is 1. The van der Waals surface area contributed by atoms with Gasteiger partial charge in [-0.25, -0.2) is 4.79 Å². The molecule has 0 amide bonds. The molecule has 4 heteroatoms. The van der Waals surface area contributed by atoms with E-state index in [1.165, 1.54) is 31.2 Å². The van der Waals surface area contributed by atoms with Crippen molar-refractivity contribution in [3.63, 3.8) is 0 Å². The number of carbonyl (C=O) groups is 2. The van der Waals surface area contributed by atoms with Gasteiger partial charge in [-0.2, -0.15) is 0 Å². The predicted molar refractivity (Wildman–Crippen MR) is 49.1 cm³/mol. The maximum atomic E-state index is 11.2. The Kier molecular flexibility index (Phi) is 3.23. The Balaban J connectivity index is 2.65. The van der Waals surface area contributed by atoms with E-state index in [9.17, 15) is 9.59 Å². The zero-order valence-corrected chi connectivity index (χ0v) is 7.69. The fraction of sp³-hybridized carbons (Fsp3) is 0.200. The van der Waals surface area contributed by atoms with E-state index in [1.54, 1.807) is 0 Å². The highest BCUT2D eigenvalue weighted by Gasteiger charge is 2.08. The van der Waals surface area contributed by atoms with E-state index in [4.69, 9.17) is 5.11 Å². The molecule has 0 saturated heterocycles. The molecule has 4 nitrogen and oxygen atoms in total. The molecule has 0 heterocycles. The normalized spacial score (nSPS) is 9.50. The van der Waals surface area contributed by atoms with Gasteiger partial charge in [-0.15, -0.1) is 0 Å². The van der Waals surface area contributed by atoms with Crippen LogP contribution in [0.25, 0.3) is 0 Å². The van der Waals surface area contributed by atoms with Gasteiger partial charge in [-0.1, -0.05) is 6.07 Å². The van der Waals surface area contributed by atoms with Gasteiger partial charge in [0.2, 0.25) is 0 Å². The third-order valence-electron chi connectivity index (χ3n) is 1.49. The second-order valence-corrected chi connectivity index (χ2v) is 2.83. The van der Waals surface area contributed by atoms with E-state index in [2.05, 4.69) is 4.74 Å². The highest BCUT2D eigenvalue weighted by atomic mass is 16.5. The van der Waals surface area contributed by atoms with Crippen molar-refractivity contribution < 1.29 is 19.4 Å². The third kappa shape index (κ3) is 2.90. The first-order valence-corrected chi connectivity index (χ1v) is 4.05. The molecule has 0 fully saturated rings. The predicted octanol–water partition coefficient (Wildman–Crippen LogP) is 1.14. The van der Waals surface area contributed by atoms with E-state index in [1.807, 2.05) is 0 Å². The van der Waals surface area contributed by atoms with E-state index < -0.39 is 5.97 Å². The van der Waals surface area contributed by atoms with Gasteiger partial charge in [0.15, 0.2) is 5.78 Å². The smallest absolute Gasteiger partial charge is 0.338 e. The van der Waals surface area contributed by atoms with Crippen molar-refractivity contribution in [1.82, 2.24) is 0 Å². The van der Waals surface area contributed by atoms with Crippen LogP contribution >= 0.6 is 0 Å². The van der Waals surface area contributed by atoms with Gasteiger partial charge in [0.1, 0.15) is 12.4 Å². The maximum Gasteiger partial charge on any atom is 0.338 e. The fourth-order valence-electron chi connectivity index (χ4n) is 0.883. The quantitative estimate of drug-likeness (QED) is 0.733. The summed E-state index contributed by atoms with van der Waals surface area (Å²) in [6, 6.07) is 5.76. The average molecular weight is 194 g/mol. The zero-order valence-electron chi connectivity index (χ0n) is 7.69. The molecule has 1 aromatic rings. The van der Waals surface area contributed by atoms with Crippen LogP contribution in [0.4, 0.5) is 0 Å². The minimum atomic E-state index is -0.615. The summed E-state index contributed by atoms with van der Waals surface area (Å²) in [4.78, 5) is 21.7. The Morgan fingerprint density at radius 1 is 1.43 bits per heavy atom. The second-order valence-electron chi connectivity index (χ2n) is 2.83. The highest BCUT2D eigenvalue weighted by Crippen LogP contribution is 2.11. The van der Waals surface area contributed by atoms with Gasteiger partial charge in [0, 0.05) is 0 Å². The molecule has 0 aliphatic rings. The summed E-state index contributed by atoms with van der Waals surface area (Å²) in [5.74, 6) is -0.850. The second kappa shape index (κ2) is 4.41. The molecule has 1 aromatic carbocycles. The van der Waals surface area contributed by atoms with Crippen molar-refractivity contribution >= 4 is 11.8 Å². The lowest BCUT2D eigenvalue weighted by molar-refractivity contribution is -0.120. The first kappa shape index (κ1) is 10.2. The van der Waals surface area contributed by atoms with Crippen molar-refractivity contribution in [3.05, 3.63) is 29.8 Å². The van der Waals surface area contributed by atoms with Crippen molar-refractivity contribution in [2.45, 2.75) is 6.92 Å². The first-order valence-electron chi connectivity index (χ1n) is 4.05. The summed E-state index contributed by atoms with van der Waals surface area (Å²) in [6.07, 6.45) is 0. The van der Waals surface area contributed by atoms with Crippen LogP contribution < -0.4 is 0 Å². The van der Waals surface area contributed by atoms with Crippen molar-refractivity contribution in [3.8, 4) is 5.75 Å². The molecule has 0 atom stereocenters. The average Bonchev–Trinajstić information content (AvgIpc) is 2.14. The van der Waals surface area contributed by atoms with Gasteiger partial charge >= 0.3 is 5.97 Å². The Morgan fingerprint density at radius 3 is 2.71 bits per heavy atom. The number of benzene rings is 1. The first-order chi connectivity index (χ1) is 6.59. The molecule has 0 aliphatic carbocycles. The lowest BCUT2D eigenvalue weighted by Crippen LogP contribution is -2.11. The van der Waals surface area contributed by atoms with E-state index in [0.717, 1.165) is 0 Å². The molecule has 0 saturated carbocycles. The number of ether oxygens (including phenoxy) is 1. The number of ketones is 1. The van der Waals surface area contributed by atoms with Crippen molar-refractivity contribution in [1.29, 1.82) is 0 Å². The summed E-state index contributed by atoms with van der Waals surface area (Å²) in [5, 5.41) is 9.06. The summed E-state index contributed by atoms with van der Waals surface area (Å²) in [7, 11) is 0. The molecule has 1 N–H and O–H groups in total. The maximum absolute atomic E-state index is 11.2. The molecular formula is C10H10O4. The van der Waals surface area contributed by atoms with Gasteiger partial charge in [-0.05, 0) is 25.1 Å². The van der Waals surface area contributed by atoms with E-state index >= 15 is 0 Å². The molecule has 14 heavy (non-hydrogen) atoms. The highest BCUT2D eigenvalue weighted by molar-refractivity contribution is 5.91. The number of carbonyl (C=O) groups excluding carboxylic acids is 2. The number of phenols is 1. The Labute approximate surface area is 81.1 Å². The molecule has 0 spiro atoms. The lowest BCUT2D eigenvalue weighted by Gasteiger charge is -2.02. The number of phenolic OH excluding ortho intramolecular Hbond substituents is 1. The zero-order chi connectivity index (χ0) is 10.6. The van der Waals surface area contributed by atoms with E-state index in [0.29, 0.717) is 0 Å². The molecule has 74 valence electrons. The van der Waals surface area contributed by atoms with E-state index in [-0.39, 0.29) is 23.7 Å². The Morgan fingerprint density at radius 2 is 2.14 bits per heavy atom. The van der Waals surface area contributed by atoms with Crippen LogP contribution in [0.1, 0.15) is 17.3 Å². The standard InChI is InChI=1S/C10H10O4/c1-7(11)6-14-10(13)8-3-2-4-9(12)5-8/h2-5,12H,6H2,1H3. The van der Waals surface area contributed by atoms with Crippen LogP contribution in [0, 0.1) is 0 Å². The minimum Gasteiger partial charge on any atom is -0.508 e. The fourth-order valence-corrected chi connectivity index (χ4v) is 0.883. The molecule has 0 bridgehead atoms. The molecular weight excluding hydrogens is 184 g/mol. The van der Waals surface area contributed by atoms with Crippen LogP contribution in [0.2, 0.25) is 0 Å². The van der Waals surface area contributed by atoms with Crippen LogP contribution in [0.3, 0.4) is 0 Å². The van der Waals surface area contributed by atoms with Gasteiger partial charge in [0.05, 0.1) is 5.56 Å². The third-order valence-corrected chi connectivity index (χ3v) is 1.49. The van der Waals surface area contributed by atoms with Crippen LogP contribution in [0.15, 0.2) is 24.3 Å². The largest absolute Gasteiger partial charge is 0.508 e. The Bertz CT molecular complexity index is 357. The number of rotatable bonds is 3. The number of hydrogen-bond acceptors (Lipinski definition) is 4. The summed E-state index contributed by atoms with van der Waals surface area (Å²) in [6.45, 7) is 1.09. The monoisotopic (exact) mass is 194 g/mol. The SMILES string of the molecule is CC(=O)COC(=O)c1cccc(O)c1. The van der Waals surface area contributed by atoms with Crippen LogP contribution in [0.5, 0.6) is 5.75 Å². The molecule has 0 unspecified atom stereocenters. The topological polar surface area (TPSA) is 63.6 Å². The summed E-state index contributed by atoms with van der Waals surface area (Å²) < 4.78 is 4.64. The van der Waals surface area contributed by atoms with Gasteiger partial charge in [0.25, 0.3) is 0 Å². The van der Waals surface area contributed by atoms with Crippen molar-refractivity contribution in [2.24, 2.45) is 0 Å². The molecule has 0 aromatic heterocycles. The van der Waals surface area contributed by atoms with Crippen LogP contribution in [-0.4, -0.2) is 23.5 Å². The van der Waals surface area contributed by atoms with Crippen LogP contribution in [-0.2, 0) is 9.53 Å². The molecule has 0 aliphatic heterocycles. The number of aromatic hydroxyl groups is 1. The molecule has 1 rings (SSSR count). The summed E-state index contributed by atoms with van der Waals surface area (Å²) in [5.41, 5.74) is 0.228. The van der Waals surface area contributed by atoms with Gasteiger partial charge in [-0.3, -0.25) is 4.79 Å². The number of esters is 1. The minimum absolute atomic E-state index is 0.0118. The Hall–Kier alpha value is -1.84. The van der Waals surface area contributed by atoms with Crippen molar-refractivity contribution in [2.75, 3.05) is 6.61 Å². The van der Waals surface area contributed by atoms with Gasteiger partial charge < -0.3 is 9.84 Å². The number of hydrogen-bond donors (Lipinski definition) is 1.